The smallest absolute Gasteiger partial charge is 0.445 e. The van der Waals surface area contributed by atoms with Crippen LogP contribution in [0.4, 0.5) is 4.79 Å². The number of carbonyl (C=O) groups is 2. The quantitative estimate of drug-likeness (QED) is 0.174. The maximum absolute atomic E-state index is 11.5. The Bertz CT molecular complexity index is 399. The van der Waals surface area contributed by atoms with Crippen LogP contribution in [0.2, 0.25) is 0 Å². The number of halogens is 3. The molecule has 0 aromatic heterocycles. The number of hydrogen-bond donors (Lipinski definition) is 0. The zero-order valence-corrected chi connectivity index (χ0v) is 15.1. The number of nitrogens with zero attached hydrogens (tertiary/aromatic N) is 2. The average molecular weight is 380 g/mol. The first-order chi connectivity index (χ1) is 9.47. The van der Waals surface area contributed by atoms with Crippen molar-refractivity contribution in [3.8, 4) is 0 Å². The molecule has 0 aliphatic carbocycles. The Balaban J connectivity index is 4.36. The monoisotopic (exact) mass is 378 g/mol. The maximum atomic E-state index is 11.5. The van der Waals surface area contributed by atoms with Crippen LogP contribution in [0.3, 0.4) is 0 Å². The van der Waals surface area contributed by atoms with Crippen molar-refractivity contribution in [3.05, 3.63) is 0 Å². The molecule has 0 aliphatic heterocycles. The summed E-state index contributed by atoms with van der Waals surface area (Å²) in [5.74, 6) is -0.357. The van der Waals surface area contributed by atoms with Crippen molar-refractivity contribution in [2.75, 3.05) is 13.7 Å². The average Bonchev–Trinajstić information content (AvgIpc) is 2.25. The van der Waals surface area contributed by atoms with Crippen LogP contribution < -0.4 is 0 Å². The van der Waals surface area contributed by atoms with Crippen LogP contribution in [-0.2, 0) is 14.4 Å². The Kier molecular flexibility index (Phi) is 8.77. The van der Waals surface area contributed by atoms with Gasteiger partial charge in [-0.1, -0.05) is 53.8 Å². The zero-order chi connectivity index (χ0) is 16.7. The summed E-state index contributed by atoms with van der Waals surface area (Å²) in [6.07, 6.45) is 0.644. The van der Waals surface area contributed by atoms with Gasteiger partial charge in [-0.25, -0.2) is 9.10 Å². The standard InChI is InChI=1S/C11H17Cl3N2O4S/c1-5-19-8(17)6-10(2,3)7-15-20-9(18)16(4)21-11(12,13)14/h7H,5-6H2,1-4H3/b15-7+. The Morgan fingerprint density at radius 3 is 2.38 bits per heavy atom. The number of hydrogen-bond acceptors (Lipinski definition) is 6. The summed E-state index contributed by atoms with van der Waals surface area (Å²) in [6.45, 7) is 5.53. The van der Waals surface area contributed by atoms with Crippen molar-refractivity contribution in [1.29, 1.82) is 0 Å². The van der Waals surface area contributed by atoms with E-state index in [1.807, 2.05) is 0 Å². The Morgan fingerprint density at radius 2 is 1.90 bits per heavy atom. The first-order valence-electron chi connectivity index (χ1n) is 5.87. The predicted molar refractivity (Wildman–Crippen MR) is 85.6 cm³/mol. The van der Waals surface area contributed by atoms with Gasteiger partial charge in [0.05, 0.1) is 19.2 Å². The van der Waals surface area contributed by atoms with Gasteiger partial charge in [0.25, 0.3) is 3.12 Å². The molecule has 0 aliphatic rings. The van der Waals surface area contributed by atoms with Gasteiger partial charge in [-0.2, -0.15) is 0 Å². The second-order valence-electron chi connectivity index (χ2n) is 4.60. The molecular weight excluding hydrogens is 363 g/mol. The molecule has 0 N–H and O–H groups in total. The van der Waals surface area contributed by atoms with Gasteiger partial charge in [0.1, 0.15) is 0 Å². The van der Waals surface area contributed by atoms with Gasteiger partial charge in [0.15, 0.2) is 0 Å². The summed E-state index contributed by atoms with van der Waals surface area (Å²) in [5.41, 5.74) is -0.618. The maximum Gasteiger partial charge on any atom is 0.445 e. The molecule has 0 saturated heterocycles. The second kappa shape index (κ2) is 8.92. The molecule has 122 valence electrons. The van der Waals surface area contributed by atoms with Gasteiger partial charge in [-0.3, -0.25) is 9.63 Å². The third-order valence-corrected chi connectivity index (χ3v) is 3.19. The minimum atomic E-state index is -1.68. The highest BCUT2D eigenvalue weighted by molar-refractivity contribution is 8.03. The summed E-state index contributed by atoms with van der Waals surface area (Å²) in [4.78, 5) is 27.5. The molecule has 0 spiro atoms. The second-order valence-corrected chi connectivity index (χ2v) is 8.89. The molecule has 1 amide bonds. The van der Waals surface area contributed by atoms with E-state index in [-0.39, 0.29) is 12.4 Å². The number of amides is 1. The molecule has 0 aromatic carbocycles. The van der Waals surface area contributed by atoms with Gasteiger partial charge < -0.3 is 4.74 Å². The molecule has 0 heterocycles. The van der Waals surface area contributed by atoms with Crippen molar-refractivity contribution in [1.82, 2.24) is 4.31 Å². The van der Waals surface area contributed by atoms with E-state index in [0.29, 0.717) is 18.6 Å². The number of alkyl halides is 3. The number of oxime groups is 1. The minimum absolute atomic E-state index is 0.112. The van der Waals surface area contributed by atoms with E-state index in [1.54, 1.807) is 20.8 Å². The predicted octanol–water partition coefficient (Wildman–Crippen LogP) is 4.00. The Morgan fingerprint density at radius 1 is 1.33 bits per heavy atom. The fourth-order valence-corrected chi connectivity index (χ4v) is 2.44. The highest BCUT2D eigenvalue weighted by Gasteiger charge is 2.27. The van der Waals surface area contributed by atoms with Crippen molar-refractivity contribution >= 4 is 65.0 Å². The number of carbonyl (C=O) groups excluding carboxylic acids is 2. The van der Waals surface area contributed by atoms with Crippen molar-refractivity contribution < 1.29 is 19.2 Å². The van der Waals surface area contributed by atoms with E-state index in [9.17, 15) is 9.59 Å². The van der Waals surface area contributed by atoms with Crippen molar-refractivity contribution in [3.63, 3.8) is 0 Å². The van der Waals surface area contributed by atoms with E-state index >= 15 is 0 Å². The lowest BCUT2D eigenvalue weighted by Crippen LogP contribution is -2.24. The lowest BCUT2D eigenvalue weighted by Gasteiger charge is -2.19. The topological polar surface area (TPSA) is 68.2 Å². The van der Waals surface area contributed by atoms with Crippen LogP contribution in [0.15, 0.2) is 5.16 Å². The molecule has 0 fully saturated rings. The van der Waals surface area contributed by atoms with E-state index in [0.717, 1.165) is 4.31 Å². The van der Waals surface area contributed by atoms with Crippen molar-refractivity contribution in [2.24, 2.45) is 10.6 Å². The van der Waals surface area contributed by atoms with Gasteiger partial charge in [0.2, 0.25) is 0 Å². The van der Waals surface area contributed by atoms with Crippen LogP contribution in [0.25, 0.3) is 0 Å². The van der Waals surface area contributed by atoms with Gasteiger partial charge >= 0.3 is 12.1 Å². The highest BCUT2D eigenvalue weighted by atomic mass is 35.6. The van der Waals surface area contributed by atoms with Crippen LogP contribution in [0.5, 0.6) is 0 Å². The number of rotatable bonds is 6. The molecule has 0 rings (SSSR count). The Hall–Kier alpha value is -0.370. The van der Waals surface area contributed by atoms with Crippen LogP contribution >= 0.6 is 46.8 Å². The summed E-state index contributed by atoms with van der Waals surface area (Å²) in [7, 11) is 1.37. The zero-order valence-electron chi connectivity index (χ0n) is 12.1. The lowest BCUT2D eigenvalue weighted by atomic mass is 9.91. The summed E-state index contributed by atoms with van der Waals surface area (Å²) >= 11 is 17.2. The molecule has 0 bridgehead atoms. The molecule has 6 nitrogen and oxygen atoms in total. The number of ether oxygens (including phenoxy) is 1. The van der Waals surface area contributed by atoms with Gasteiger partial charge in [-0.05, 0) is 6.92 Å². The van der Waals surface area contributed by atoms with E-state index in [1.165, 1.54) is 13.3 Å². The van der Waals surface area contributed by atoms with Crippen LogP contribution in [0.1, 0.15) is 27.2 Å². The first-order valence-corrected chi connectivity index (χ1v) is 7.78. The van der Waals surface area contributed by atoms with Gasteiger partial charge in [0, 0.05) is 24.4 Å². The molecular formula is C11H17Cl3N2O4S. The minimum Gasteiger partial charge on any atom is -0.466 e. The molecule has 0 saturated carbocycles. The molecule has 0 unspecified atom stereocenters. The van der Waals surface area contributed by atoms with E-state index in [2.05, 4.69) is 9.99 Å². The van der Waals surface area contributed by atoms with Crippen molar-refractivity contribution in [2.45, 2.75) is 30.3 Å². The molecule has 21 heavy (non-hydrogen) atoms. The summed E-state index contributed by atoms with van der Waals surface area (Å²) < 4.78 is 4.14. The van der Waals surface area contributed by atoms with E-state index < -0.39 is 14.6 Å². The van der Waals surface area contributed by atoms with E-state index in [4.69, 9.17) is 39.5 Å². The molecule has 0 radical (unpaired) electrons. The van der Waals surface area contributed by atoms with Crippen LogP contribution in [0, 0.1) is 5.41 Å². The third kappa shape index (κ3) is 10.9. The lowest BCUT2D eigenvalue weighted by molar-refractivity contribution is -0.144. The fraction of sp³-hybridized carbons (Fsp3) is 0.727. The SMILES string of the molecule is CCOC(=O)CC(C)(C)/C=N/OC(=O)N(C)SC(Cl)(Cl)Cl. The number of esters is 1. The normalized spacial score (nSPS) is 12.3. The first kappa shape index (κ1) is 20.6. The molecule has 0 atom stereocenters. The molecule has 10 heteroatoms. The Labute approximate surface area is 143 Å². The molecule has 0 aromatic rings. The summed E-state index contributed by atoms with van der Waals surface area (Å²) in [6, 6.07) is 0. The third-order valence-electron chi connectivity index (χ3n) is 1.94. The fourth-order valence-electron chi connectivity index (χ4n) is 1.09. The van der Waals surface area contributed by atoms with Gasteiger partial charge in [-0.15, -0.1) is 0 Å². The summed E-state index contributed by atoms with van der Waals surface area (Å²) in [5, 5.41) is 3.54. The van der Waals surface area contributed by atoms with Crippen LogP contribution in [-0.4, -0.2) is 39.4 Å². The largest absolute Gasteiger partial charge is 0.466 e. The highest BCUT2D eigenvalue weighted by Crippen LogP contribution is 2.40.